The minimum absolute atomic E-state index is 0.118. The summed E-state index contributed by atoms with van der Waals surface area (Å²) in [6.07, 6.45) is 5.26. The zero-order valence-electron chi connectivity index (χ0n) is 9.78. The Hall–Kier alpha value is -0.610. The first-order valence-electron chi connectivity index (χ1n) is 6.36. The van der Waals surface area contributed by atoms with Gasteiger partial charge in [-0.3, -0.25) is 4.79 Å². The summed E-state index contributed by atoms with van der Waals surface area (Å²) in [4.78, 5) is 11.0. The molecule has 16 heavy (non-hydrogen) atoms. The minimum atomic E-state index is -0.123. The highest BCUT2D eigenvalue weighted by molar-refractivity contribution is 5.76. The molecule has 1 aliphatic heterocycles. The van der Waals surface area contributed by atoms with Crippen molar-refractivity contribution in [1.82, 2.24) is 5.32 Å². The zero-order chi connectivity index (χ0) is 11.4. The molecule has 2 fully saturated rings. The summed E-state index contributed by atoms with van der Waals surface area (Å²) in [7, 11) is 0. The van der Waals surface area contributed by atoms with Gasteiger partial charge in [-0.15, -0.1) is 0 Å². The largest absolute Gasteiger partial charge is 0.381 e. The van der Waals surface area contributed by atoms with E-state index in [1.54, 1.807) is 0 Å². The maximum Gasteiger partial charge on any atom is 0.220 e. The fraction of sp³-hybridized carbons (Fsp3) is 0.917. The van der Waals surface area contributed by atoms with Gasteiger partial charge in [-0.1, -0.05) is 0 Å². The molecule has 1 amide bonds. The molecule has 1 saturated heterocycles. The number of hydrogen-bond acceptors (Lipinski definition) is 3. The first kappa shape index (κ1) is 11.9. The second-order valence-corrected chi connectivity index (χ2v) is 5.09. The topological polar surface area (TPSA) is 64.4 Å². The van der Waals surface area contributed by atoms with E-state index in [2.05, 4.69) is 5.32 Å². The fourth-order valence-corrected chi connectivity index (χ4v) is 2.66. The normalized spacial score (nSPS) is 35.1. The molecular formula is C12H22N2O2. The Morgan fingerprint density at radius 1 is 1.25 bits per heavy atom. The maximum atomic E-state index is 11.0. The second kappa shape index (κ2) is 5.64. The third-order valence-electron chi connectivity index (χ3n) is 3.85. The van der Waals surface area contributed by atoms with E-state index >= 15 is 0 Å². The lowest BCUT2D eigenvalue weighted by Gasteiger charge is -2.28. The third-order valence-corrected chi connectivity index (χ3v) is 3.85. The van der Waals surface area contributed by atoms with E-state index in [4.69, 9.17) is 10.5 Å². The van der Waals surface area contributed by atoms with Crippen LogP contribution in [0.1, 0.15) is 32.1 Å². The highest BCUT2D eigenvalue weighted by atomic mass is 16.5. The van der Waals surface area contributed by atoms with Gasteiger partial charge in [0.2, 0.25) is 5.91 Å². The van der Waals surface area contributed by atoms with E-state index in [0.717, 1.165) is 45.4 Å². The number of nitrogens with two attached hydrogens (primary N) is 1. The molecule has 1 heterocycles. The van der Waals surface area contributed by atoms with Crippen molar-refractivity contribution in [3.05, 3.63) is 0 Å². The Balaban J connectivity index is 1.63. The summed E-state index contributed by atoms with van der Waals surface area (Å²) >= 11 is 0. The first-order chi connectivity index (χ1) is 7.75. The molecule has 1 atom stereocenters. The third kappa shape index (κ3) is 3.19. The van der Waals surface area contributed by atoms with Crippen molar-refractivity contribution in [3.63, 3.8) is 0 Å². The van der Waals surface area contributed by atoms with Crippen LogP contribution in [0.25, 0.3) is 0 Å². The Morgan fingerprint density at radius 3 is 2.56 bits per heavy atom. The molecule has 4 heteroatoms. The molecule has 0 spiro atoms. The van der Waals surface area contributed by atoms with Crippen LogP contribution in [0.4, 0.5) is 0 Å². The van der Waals surface area contributed by atoms with Crippen LogP contribution in [0, 0.1) is 11.8 Å². The molecule has 4 nitrogen and oxygen atoms in total. The molecule has 3 N–H and O–H groups in total. The average molecular weight is 226 g/mol. The Labute approximate surface area is 96.9 Å². The summed E-state index contributed by atoms with van der Waals surface area (Å²) in [5, 5.41) is 3.59. The van der Waals surface area contributed by atoms with Crippen molar-refractivity contribution in [3.8, 4) is 0 Å². The van der Waals surface area contributed by atoms with Crippen molar-refractivity contribution in [1.29, 1.82) is 0 Å². The predicted octanol–water partition coefficient (Wildman–Crippen LogP) is 0.657. The average Bonchev–Trinajstić information content (AvgIpc) is 2.80. The SMILES string of the molecule is NC(=O)C1CCC(NCC2CCOC2)CC1. The maximum absolute atomic E-state index is 11.0. The van der Waals surface area contributed by atoms with Gasteiger partial charge in [-0.2, -0.15) is 0 Å². The van der Waals surface area contributed by atoms with Crippen LogP contribution in [0.5, 0.6) is 0 Å². The molecule has 0 aromatic heterocycles. The number of ether oxygens (including phenoxy) is 1. The molecule has 0 radical (unpaired) electrons. The zero-order valence-corrected chi connectivity index (χ0v) is 9.78. The molecule has 2 aliphatic rings. The molecule has 92 valence electrons. The lowest BCUT2D eigenvalue weighted by molar-refractivity contribution is -0.122. The smallest absolute Gasteiger partial charge is 0.220 e. The van der Waals surface area contributed by atoms with Gasteiger partial charge < -0.3 is 15.8 Å². The van der Waals surface area contributed by atoms with Crippen LogP contribution in [0.3, 0.4) is 0 Å². The van der Waals surface area contributed by atoms with E-state index in [0.29, 0.717) is 12.0 Å². The summed E-state index contributed by atoms with van der Waals surface area (Å²) in [5.41, 5.74) is 5.31. The lowest BCUT2D eigenvalue weighted by atomic mass is 9.85. The number of rotatable bonds is 4. The number of primary amides is 1. The Bertz CT molecular complexity index is 231. The van der Waals surface area contributed by atoms with E-state index in [9.17, 15) is 4.79 Å². The van der Waals surface area contributed by atoms with Gasteiger partial charge in [0.15, 0.2) is 0 Å². The van der Waals surface area contributed by atoms with Crippen LogP contribution < -0.4 is 11.1 Å². The minimum Gasteiger partial charge on any atom is -0.381 e. The van der Waals surface area contributed by atoms with Crippen molar-refractivity contribution in [2.45, 2.75) is 38.1 Å². The quantitative estimate of drug-likeness (QED) is 0.740. The lowest BCUT2D eigenvalue weighted by Crippen LogP contribution is -2.38. The number of nitrogens with one attached hydrogen (secondary N) is 1. The van der Waals surface area contributed by atoms with Crippen molar-refractivity contribution in [2.75, 3.05) is 19.8 Å². The highest BCUT2D eigenvalue weighted by Crippen LogP contribution is 2.24. The second-order valence-electron chi connectivity index (χ2n) is 5.09. The highest BCUT2D eigenvalue weighted by Gasteiger charge is 2.25. The summed E-state index contributed by atoms with van der Waals surface area (Å²) in [5.74, 6) is 0.685. The first-order valence-corrected chi connectivity index (χ1v) is 6.36. The van der Waals surface area contributed by atoms with Gasteiger partial charge in [0, 0.05) is 25.1 Å². The summed E-state index contributed by atoms with van der Waals surface area (Å²) in [6, 6.07) is 0.580. The van der Waals surface area contributed by atoms with E-state index < -0.39 is 0 Å². The van der Waals surface area contributed by atoms with Crippen LogP contribution in [0.2, 0.25) is 0 Å². The summed E-state index contributed by atoms with van der Waals surface area (Å²) in [6.45, 7) is 2.89. The van der Waals surface area contributed by atoms with Crippen molar-refractivity contribution in [2.24, 2.45) is 17.6 Å². The fourth-order valence-electron chi connectivity index (χ4n) is 2.66. The number of carbonyl (C=O) groups excluding carboxylic acids is 1. The molecule has 0 aromatic carbocycles. The molecule has 0 aromatic rings. The molecule has 1 aliphatic carbocycles. The monoisotopic (exact) mass is 226 g/mol. The van der Waals surface area contributed by atoms with E-state index in [1.165, 1.54) is 6.42 Å². The predicted molar refractivity (Wildman–Crippen MR) is 61.9 cm³/mol. The Morgan fingerprint density at radius 2 is 2.00 bits per heavy atom. The molecular weight excluding hydrogens is 204 g/mol. The molecule has 2 rings (SSSR count). The standard InChI is InChI=1S/C12H22N2O2/c13-12(15)10-1-3-11(4-2-10)14-7-9-5-6-16-8-9/h9-11,14H,1-8H2,(H2,13,15). The van der Waals surface area contributed by atoms with Gasteiger partial charge in [-0.05, 0) is 38.0 Å². The van der Waals surface area contributed by atoms with Crippen LogP contribution in [-0.2, 0) is 9.53 Å². The molecule has 1 saturated carbocycles. The van der Waals surface area contributed by atoms with Gasteiger partial charge in [0.1, 0.15) is 0 Å². The van der Waals surface area contributed by atoms with Gasteiger partial charge in [0.25, 0.3) is 0 Å². The molecule has 1 unspecified atom stereocenters. The summed E-state index contributed by atoms with van der Waals surface area (Å²) < 4.78 is 5.34. The van der Waals surface area contributed by atoms with Crippen LogP contribution in [-0.4, -0.2) is 31.7 Å². The van der Waals surface area contributed by atoms with Crippen molar-refractivity contribution >= 4 is 5.91 Å². The van der Waals surface area contributed by atoms with Crippen molar-refractivity contribution < 1.29 is 9.53 Å². The van der Waals surface area contributed by atoms with Gasteiger partial charge in [-0.25, -0.2) is 0 Å². The number of amides is 1. The molecule has 0 bridgehead atoms. The van der Waals surface area contributed by atoms with E-state index in [-0.39, 0.29) is 11.8 Å². The van der Waals surface area contributed by atoms with Crippen LogP contribution >= 0.6 is 0 Å². The van der Waals surface area contributed by atoms with E-state index in [1.807, 2.05) is 0 Å². The van der Waals surface area contributed by atoms with Gasteiger partial charge in [0.05, 0.1) is 6.61 Å². The Kier molecular flexibility index (Phi) is 4.18. The van der Waals surface area contributed by atoms with Gasteiger partial charge >= 0.3 is 0 Å². The van der Waals surface area contributed by atoms with Crippen LogP contribution in [0.15, 0.2) is 0 Å². The number of carbonyl (C=O) groups is 1. The number of hydrogen-bond donors (Lipinski definition) is 2.